The third-order valence-electron chi connectivity index (χ3n) is 7.41. The van der Waals surface area contributed by atoms with Gasteiger partial charge in [0.05, 0.1) is 39.3 Å². The Hall–Kier alpha value is -4.17. The standard InChI is InChI=1S/C32H34N4O7S2/c1-21(2)16-35(45(41,42)25-11-12-26-30(15-25)44-20-33-26)17-28(38)27(14-22-7-4-3-5-8-22)34-31(39)29-18-36(32(40)43-29)24-10-6-9-23(13-24)19-37/h3-13,15,19-21,27-29,38H,14,16-18H2,1-2H3,(H,34,39)/t27-,28+,29-/m0/s1. The van der Waals surface area contributed by atoms with E-state index in [1.54, 1.807) is 35.8 Å². The first-order valence-corrected chi connectivity index (χ1v) is 16.8. The number of hydrogen-bond donors (Lipinski definition) is 2. The van der Waals surface area contributed by atoms with E-state index in [1.807, 2.05) is 44.2 Å². The Balaban J connectivity index is 1.36. The van der Waals surface area contributed by atoms with Gasteiger partial charge in [0.25, 0.3) is 5.91 Å². The molecule has 45 heavy (non-hydrogen) atoms. The van der Waals surface area contributed by atoms with Gasteiger partial charge in [-0.05, 0) is 48.2 Å². The smallest absolute Gasteiger partial charge is 0.415 e. The van der Waals surface area contributed by atoms with Crippen LogP contribution in [0.25, 0.3) is 10.2 Å². The van der Waals surface area contributed by atoms with Gasteiger partial charge in [0, 0.05) is 24.3 Å². The van der Waals surface area contributed by atoms with Crippen molar-refractivity contribution in [2.24, 2.45) is 5.92 Å². The maximum absolute atomic E-state index is 13.9. The molecule has 11 nitrogen and oxygen atoms in total. The van der Waals surface area contributed by atoms with Crippen LogP contribution in [-0.2, 0) is 26.0 Å². The van der Waals surface area contributed by atoms with Crippen molar-refractivity contribution in [2.45, 2.75) is 43.4 Å². The quantitative estimate of drug-likeness (QED) is 0.208. The number of aliphatic hydroxyl groups is 1. The number of hydrogen-bond acceptors (Lipinski definition) is 9. The molecule has 0 radical (unpaired) electrons. The molecule has 0 bridgehead atoms. The molecule has 1 aliphatic rings. The molecule has 236 valence electrons. The van der Waals surface area contributed by atoms with Crippen LogP contribution in [0.3, 0.4) is 0 Å². The fourth-order valence-corrected chi connectivity index (χ4v) is 7.60. The van der Waals surface area contributed by atoms with Crippen molar-refractivity contribution in [3.8, 4) is 0 Å². The third-order valence-corrected chi connectivity index (χ3v) is 10.0. The summed E-state index contributed by atoms with van der Waals surface area (Å²) in [6, 6.07) is 19.4. The monoisotopic (exact) mass is 650 g/mol. The molecule has 3 atom stereocenters. The van der Waals surface area contributed by atoms with E-state index < -0.39 is 40.3 Å². The first-order chi connectivity index (χ1) is 21.5. The molecule has 3 aromatic carbocycles. The zero-order chi connectivity index (χ0) is 32.1. The molecule has 0 unspecified atom stereocenters. The maximum Gasteiger partial charge on any atom is 0.415 e. The molecule has 0 saturated carbocycles. The van der Waals surface area contributed by atoms with Crippen LogP contribution >= 0.6 is 11.3 Å². The molecular weight excluding hydrogens is 617 g/mol. The van der Waals surface area contributed by atoms with Crippen molar-refractivity contribution in [1.82, 2.24) is 14.6 Å². The molecule has 2 amide bonds. The van der Waals surface area contributed by atoms with Crippen LogP contribution < -0.4 is 10.2 Å². The lowest BCUT2D eigenvalue weighted by atomic mass is 10.0. The summed E-state index contributed by atoms with van der Waals surface area (Å²) in [6.45, 7) is 3.52. The molecule has 2 N–H and O–H groups in total. The number of sulfonamides is 1. The number of nitrogens with one attached hydrogen (secondary N) is 1. The van der Waals surface area contributed by atoms with Gasteiger partial charge in [-0.1, -0.05) is 56.3 Å². The Morgan fingerprint density at radius 2 is 1.91 bits per heavy atom. The molecule has 1 aliphatic heterocycles. The molecule has 0 aliphatic carbocycles. The number of thiazole rings is 1. The Kier molecular flexibility index (Phi) is 9.93. The van der Waals surface area contributed by atoms with Gasteiger partial charge in [-0.15, -0.1) is 11.3 Å². The van der Waals surface area contributed by atoms with E-state index in [9.17, 15) is 27.9 Å². The summed E-state index contributed by atoms with van der Waals surface area (Å²) in [5, 5.41) is 14.4. The van der Waals surface area contributed by atoms with E-state index in [4.69, 9.17) is 4.74 Å². The number of cyclic esters (lactones) is 1. The summed E-state index contributed by atoms with van der Waals surface area (Å²) in [5.41, 5.74) is 3.93. The van der Waals surface area contributed by atoms with Gasteiger partial charge in [0.1, 0.15) is 6.29 Å². The van der Waals surface area contributed by atoms with Gasteiger partial charge in [0.2, 0.25) is 10.0 Å². The van der Waals surface area contributed by atoms with Crippen molar-refractivity contribution in [2.75, 3.05) is 24.5 Å². The number of ether oxygens (including phenoxy) is 1. The van der Waals surface area contributed by atoms with E-state index in [0.717, 1.165) is 10.3 Å². The minimum Gasteiger partial charge on any atom is -0.434 e. The predicted octanol–water partition coefficient (Wildman–Crippen LogP) is 3.87. The van der Waals surface area contributed by atoms with Crippen LogP contribution in [0.2, 0.25) is 0 Å². The number of aromatic nitrogens is 1. The largest absolute Gasteiger partial charge is 0.434 e. The summed E-state index contributed by atoms with van der Waals surface area (Å²) in [7, 11) is -4.02. The Bertz CT molecular complexity index is 1780. The highest BCUT2D eigenvalue weighted by Gasteiger charge is 2.39. The molecule has 4 aromatic rings. The predicted molar refractivity (Wildman–Crippen MR) is 171 cm³/mol. The van der Waals surface area contributed by atoms with Gasteiger partial charge >= 0.3 is 6.09 Å². The Morgan fingerprint density at radius 3 is 2.64 bits per heavy atom. The van der Waals surface area contributed by atoms with Gasteiger partial charge in [0.15, 0.2) is 6.10 Å². The van der Waals surface area contributed by atoms with Crippen LogP contribution in [0.15, 0.2) is 83.2 Å². The number of carbonyl (C=O) groups is 3. The highest BCUT2D eigenvalue weighted by molar-refractivity contribution is 7.89. The van der Waals surface area contributed by atoms with Crippen LogP contribution in [0.5, 0.6) is 0 Å². The van der Waals surface area contributed by atoms with Crippen molar-refractivity contribution < 1.29 is 32.6 Å². The average molecular weight is 651 g/mol. The van der Waals surface area contributed by atoms with E-state index in [-0.39, 0.29) is 36.9 Å². The lowest BCUT2D eigenvalue weighted by Crippen LogP contribution is -2.53. The minimum atomic E-state index is -4.02. The van der Waals surface area contributed by atoms with E-state index in [0.29, 0.717) is 23.1 Å². The number of aliphatic hydroxyl groups excluding tert-OH is 1. The van der Waals surface area contributed by atoms with Crippen LogP contribution in [-0.4, -0.2) is 79.0 Å². The van der Waals surface area contributed by atoms with Crippen LogP contribution in [0.1, 0.15) is 29.8 Å². The summed E-state index contributed by atoms with van der Waals surface area (Å²) < 4.78 is 35.1. The first-order valence-electron chi connectivity index (χ1n) is 14.4. The normalized spacial score (nSPS) is 16.6. The SMILES string of the molecule is CC(C)CN(C[C@@H](O)[C@H](Cc1ccccc1)NC(=O)[C@@H]1CN(c2cccc(C=O)c2)C(=O)O1)S(=O)(=O)c1ccc2ncsc2c1. The topological polar surface area (TPSA) is 146 Å². The Labute approximate surface area is 265 Å². The van der Waals surface area contributed by atoms with Crippen LogP contribution in [0.4, 0.5) is 10.5 Å². The second-order valence-corrected chi connectivity index (χ2v) is 14.1. The molecule has 0 spiro atoms. The zero-order valence-corrected chi connectivity index (χ0v) is 26.4. The van der Waals surface area contributed by atoms with Gasteiger partial charge in [-0.3, -0.25) is 14.5 Å². The second-order valence-electron chi connectivity index (χ2n) is 11.3. The summed E-state index contributed by atoms with van der Waals surface area (Å²) in [6.07, 6.45) is -2.39. The number of fused-ring (bicyclic) bond motifs is 1. The van der Waals surface area contributed by atoms with Crippen molar-refractivity contribution in [3.63, 3.8) is 0 Å². The van der Waals surface area contributed by atoms with E-state index in [2.05, 4.69) is 10.3 Å². The number of benzene rings is 3. The van der Waals surface area contributed by atoms with Crippen LogP contribution in [0, 0.1) is 5.92 Å². The van der Waals surface area contributed by atoms with Gasteiger partial charge in [-0.2, -0.15) is 4.31 Å². The van der Waals surface area contributed by atoms with E-state index in [1.165, 1.54) is 32.7 Å². The maximum atomic E-state index is 13.9. The number of rotatable bonds is 13. The summed E-state index contributed by atoms with van der Waals surface area (Å²) >= 11 is 1.34. The number of amides is 2. The van der Waals surface area contributed by atoms with Crippen molar-refractivity contribution in [1.29, 1.82) is 0 Å². The fourth-order valence-electron chi connectivity index (χ4n) is 5.16. The third kappa shape index (κ3) is 7.56. The number of anilines is 1. The molecule has 13 heteroatoms. The van der Waals surface area contributed by atoms with Gasteiger partial charge in [-0.25, -0.2) is 18.2 Å². The molecule has 2 heterocycles. The second kappa shape index (κ2) is 13.9. The average Bonchev–Trinajstić information content (AvgIpc) is 3.67. The number of nitrogens with zero attached hydrogens (tertiary/aromatic N) is 3. The number of aldehydes is 1. The minimum absolute atomic E-state index is 0.0529. The molecular formula is C32H34N4O7S2. The lowest BCUT2D eigenvalue weighted by Gasteiger charge is -2.31. The summed E-state index contributed by atoms with van der Waals surface area (Å²) in [5.74, 6) is -0.686. The number of carbonyl (C=O) groups excluding carboxylic acids is 3. The van der Waals surface area contributed by atoms with E-state index >= 15 is 0 Å². The highest BCUT2D eigenvalue weighted by Crippen LogP contribution is 2.26. The summed E-state index contributed by atoms with van der Waals surface area (Å²) in [4.78, 5) is 42.9. The molecule has 1 fully saturated rings. The lowest BCUT2D eigenvalue weighted by molar-refractivity contribution is -0.129. The molecule has 1 aromatic heterocycles. The Morgan fingerprint density at radius 1 is 1.13 bits per heavy atom. The molecule has 1 saturated heterocycles. The zero-order valence-electron chi connectivity index (χ0n) is 24.8. The first kappa shape index (κ1) is 32.2. The van der Waals surface area contributed by atoms with Gasteiger partial charge < -0.3 is 15.2 Å². The van der Waals surface area contributed by atoms with Crippen molar-refractivity contribution in [3.05, 3.63) is 89.4 Å². The van der Waals surface area contributed by atoms with Crippen molar-refractivity contribution >= 4 is 55.6 Å². The molecule has 5 rings (SSSR count). The highest BCUT2D eigenvalue weighted by atomic mass is 32.2. The fraction of sp³-hybridized carbons (Fsp3) is 0.312.